The lowest BCUT2D eigenvalue weighted by Crippen LogP contribution is -2.42. The summed E-state index contributed by atoms with van der Waals surface area (Å²) in [6.45, 7) is 5.27. The molecule has 2 aliphatic rings. The van der Waals surface area contributed by atoms with Crippen LogP contribution in [0.25, 0.3) is 0 Å². The topological polar surface area (TPSA) is 95.3 Å². The molecule has 0 bridgehead atoms. The molecule has 226 valence electrons. The van der Waals surface area contributed by atoms with Gasteiger partial charge in [0.05, 0.1) is 5.56 Å². The normalized spacial score (nSPS) is 15.8. The van der Waals surface area contributed by atoms with Crippen molar-refractivity contribution < 1.29 is 24.2 Å². The highest BCUT2D eigenvalue weighted by Crippen LogP contribution is 2.29. The van der Waals surface area contributed by atoms with E-state index in [1.54, 1.807) is 48.7 Å². The van der Waals surface area contributed by atoms with Crippen molar-refractivity contribution in [3.05, 3.63) is 112 Å². The largest absolute Gasteiger partial charge is 0.508 e. The maximum atomic E-state index is 13.6. The van der Waals surface area contributed by atoms with Gasteiger partial charge in [0.15, 0.2) is 0 Å². The Kier molecular flexibility index (Phi) is 7.63. The Bertz CT molecular complexity index is 1760. The predicted octanol–water partition coefficient (Wildman–Crippen LogP) is 5.46. The van der Waals surface area contributed by atoms with E-state index in [0.29, 0.717) is 48.6 Å². The Balaban J connectivity index is 1.15. The van der Waals surface area contributed by atoms with Gasteiger partial charge in [0.2, 0.25) is 5.88 Å². The second-order valence-electron chi connectivity index (χ2n) is 11.7. The molecule has 0 saturated heterocycles. The number of benzene rings is 3. The van der Waals surface area contributed by atoms with Crippen LogP contribution in [0, 0.1) is 6.92 Å². The number of carbonyl (C=O) groups is 3. The number of fused-ring (bicyclic) bond motifs is 2. The van der Waals surface area contributed by atoms with E-state index in [0.717, 1.165) is 17.5 Å². The number of phenolic OH excluding ortho intramolecular Hbond substituents is 1. The highest BCUT2D eigenvalue weighted by Gasteiger charge is 2.30. The van der Waals surface area contributed by atoms with Crippen molar-refractivity contribution in [2.24, 2.45) is 7.05 Å². The van der Waals surface area contributed by atoms with Gasteiger partial charge in [0, 0.05) is 62.8 Å². The lowest BCUT2D eigenvalue weighted by atomic mass is 9.93. The van der Waals surface area contributed by atoms with Gasteiger partial charge in [0.1, 0.15) is 5.75 Å². The molecule has 3 amide bonds. The second kappa shape index (κ2) is 11.6. The molecule has 4 aromatic rings. The van der Waals surface area contributed by atoms with Gasteiger partial charge >= 0.3 is 6.09 Å². The summed E-state index contributed by atoms with van der Waals surface area (Å²) in [6, 6.07) is 22.1. The molecule has 2 aliphatic heterocycles. The number of aromatic nitrogens is 1. The molecular weight excluding hydrogens is 556 g/mol. The molecule has 0 saturated carbocycles. The average molecular weight is 593 g/mol. The van der Waals surface area contributed by atoms with Gasteiger partial charge in [0.25, 0.3) is 11.8 Å². The van der Waals surface area contributed by atoms with Crippen LogP contribution in [0.5, 0.6) is 11.6 Å². The number of anilines is 1. The zero-order valence-electron chi connectivity index (χ0n) is 25.4. The molecule has 44 heavy (non-hydrogen) atoms. The fourth-order valence-corrected chi connectivity index (χ4v) is 6.08. The van der Waals surface area contributed by atoms with Crippen LogP contribution >= 0.6 is 0 Å². The molecule has 3 aromatic carbocycles. The van der Waals surface area contributed by atoms with Crippen LogP contribution in [0.3, 0.4) is 0 Å². The summed E-state index contributed by atoms with van der Waals surface area (Å²) in [4.78, 5) is 45.3. The first-order valence-corrected chi connectivity index (χ1v) is 14.8. The molecule has 0 fully saturated rings. The molecule has 1 atom stereocenters. The summed E-state index contributed by atoms with van der Waals surface area (Å²) >= 11 is 0. The van der Waals surface area contributed by atoms with Gasteiger partial charge in [-0.15, -0.1) is 0 Å². The molecule has 3 heterocycles. The zero-order valence-corrected chi connectivity index (χ0v) is 25.4. The molecule has 9 heteroatoms. The Morgan fingerprint density at radius 3 is 2.39 bits per heavy atom. The number of rotatable bonds is 4. The second-order valence-corrected chi connectivity index (χ2v) is 11.7. The van der Waals surface area contributed by atoms with E-state index in [1.807, 2.05) is 35.2 Å². The predicted molar refractivity (Wildman–Crippen MR) is 167 cm³/mol. The smallest absolute Gasteiger partial charge is 0.416 e. The first-order chi connectivity index (χ1) is 21.1. The highest BCUT2D eigenvalue weighted by atomic mass is 16.6. The minimum atomic E-state index is -0.514. The minimum Gasteiger partial charge on any atom is -0.508 e. The summed E-state index contributed by atoms with van der Waals surface area (Å²) in [5.74, 6) is 0.111. The number of hydrogen-bond acceptors (Lipinski definition) is 5. The van der Waals surface area contributed by atoms with Gasteiger partial charge in [-0.3, -0.25) is 9.59 Å². The van der Waals surface area contributed by atoms with Crippen LogP contribution in [-0.4, -0.2) is 57.0 Å². The molecule has 0 radical (unpaired) electrons. The van der Waals surface area contributed by atoms with E-state index in [4.69, 9.17) is 4.74 Å². The first kappa shape index (κ1) is 29.0. The van der Waals surface area contributed by atoms with Crippen molar-refractivity contribution in [1.29, 1.82) is 0 Å². The molecule has 9 nitrogen and oxygen atoms in total. The maximum Gasteiger partial charge on any atom is 0.416 e. The molecule has 1 aromatic heterocycles. The van der Waals surface area contributed by atoms with Crippen LogP contribution in [0.2, 0.25) is 0 Å². The number of amides is 3. The van der Waals surface area contributed by atoms with E-state index in [-0.39, 0.29) is 29.5 Å². The Hall–Kier alpha value is -5.05. The van der Waals surface area contributed by atoms with E-state index in [1.165, 1.54) is 28.2 Å². The molecule has 0 unspecified atom stereocenters. The van der Waals surface area contributed by atoms with Crippen LogP contribution in [-0.2, 0) is 33.0 Å². The molecule has 6 rings (SSSR count). The Morgan fingerprint density at radius 1 is 0.909 bits per heavy atom. The van der Waals surface area contributed by atoms with Crippen molar-refractivity contribution in [2.75, 3.05) is 18.5 Å². The number of ether oxygens (including phenoxy) is 1. The van der Waals surface area contributed by atoms with E-state index >= 15 is 0 Å². The Morgan fingerprint density at radius 2 is 1.64 bits per heavy atom. The van der Waals surface area contributed by atoms with Crippen molar-refractivity contribution >= 4 is 23.6 Å². The molecular formula is C35H36N4O5. The fourth-order valence-electron chi connectivity index (χ4n) is 6.08. The van der Waals surface area contributed by atoms with Crippen LogP contribution in [0.15, 0.2) is 72.8 Å². The summed E-state index contributed by atoms with van der Waals surface area (Å²) in [5, 5.41) is 9.58. The van der Waals surface area contributed by atoms with Crippen molar-refractivity contribution in [1.82, 2.24) is 14.4 Å². The lowest BCUT2D eigenvalue weighted by Gasteiger charge is -2.35. The summed E-state index contributed by atoms with van der Waals surface area (Å²) in [5.41, 5.74) is 6.82. The van der Waals surface area contributed by atoms with Crippen LogP contribution in [0.4, 0.5) is 10.5 Å². The first-order valence-electron chi connectivity index (χ1n) is 14.8. The van der Waals surface area contributed by atoms with Crippen LogP contribution < -0.4 is 9.64 Å². The lowest BCUT2D eigenvalue weighted by molar-refractivity contribution is 0.0658. The summed E-state index contributed by atoms with van der Waals surface area (Å²) < 4.78 is 7.49. The third-order valence-corrected chi connectivity index (χ3v) is 8.95. The van der Waals surface area contributed by atoms with Gasteiger partial charge in [-0.2, -0.15) is 0 Å². The van der Waals surface area contributed by atoms with Crippen molar-refractivity contribution in [3.8, 4) is 11.6 Å². The number of aromatic hydroxyl groups is 1. The summed E-state index contributed by atoms with van der Waals surface area (Å²) in [6.07, 6.45) is 0.964. The number of carbonyl (C=O) groups excluding carboxylic acids is 3. The van der Waals surface area contributed by atoms with E-state index in [9.17, 15) is 19.5 Å². The van der Waals surface area contributed by atoms with Gasteiger partial charge in [-0.1, -0.05) is 30.3 Å². The third-order valence-electron chi connectivity index (χ3n) is 8.95. The van der Waals surface area contributed by atoms with Gasteiger partial charge in [-0.25, -0.2) is 4.79 Å². The van der Waals surface area contributed by atoms with Gasteiger partial charge < -0.3 is 29.1 Å². The number of nitrogens with zero attached hydrogens (tertiary/aromatic N) is 4. The minimum absolute atomic E-state index is 0.0109. The number of phenols is 1. The Labute approximate surface area is 256 Å². The van der Waals surface area contributed by atoms with E-state index < -0.39 is 6.09 Å². The zero-order chi connectivity index (χ0) is 31.1. The standard InChI is InChI=1S/C35H36N4O5/c1-22-17-25-7-5-6-8-27(25)21-39(22)33(41)26-10-9-24-15-16-38(20-28(24)18-26)35(43)44-32-19-31(23(2)36(32)3)34(42)37(4)29-11-13-30(40)14-12-29/h5-14,18-19,22,40H,15-17,20-21H2,1-4H3/t22-/m1/s1. The van der Waals surface area contributed by atoms with Gasteiger partial charge in [-0.05, 0) is 85.3 Å². The monoisotopic (exact) mass is 592 g/mol. The molecule has 0 aliphatic carbocycles. The summed E-state index contributed by atoms with van der Waals surface area (Å²) in [7, 11) is 3.40. The fraction of sp³-hybridized carbons (Fsp3) is 0.286. The van der Waals surface area contributed by atoms with E-state index in [2.05, 4.69) is 19.1 Å². The molecule has 1 N–H and O–H groups in total. The highest BCUT2D eigenvalue weighted by molar-refractivity contribution is 6.07. The van der Waals surface area contributed by atoms with Crippen molar-refractivity contribution in [2.45, 2.75) is 45.8 Å². The quantitative estimate of drug-likeness (QED) is 0.340. The number of hydrogen-bond donors (Lipinski definition) is 1. The average Bonchev–Trinajstić information content (AvgIpc) is 3.31. The van der Waals surface area contributed by atoms with Crippen LogP contribution in [0.1, 0.15) is 55.6 Å². The molecule has 0 spiro atoms. The SMILES string of the molecule is Cc1c(C(=O)N(C)c2ccc(O)cc2)cc(OC(=O)N2CCc3ccc(C(=O)N4Cc5ccccc5C[C@H]4C)cc3C2)n1C. The maximum absolute atomic E-state index is 13.6. The van der Waals surface area contributed by atoms with Crippen molar-refractivity contribution in [3.63, 3.8) is 0 Å². The third kappa shape index (κ3) is 5.41.